The Morgan fingerprint density at radius 1 is 1.30 bits per heavy atom. The van der Waals surface area contributed by atoms with E-state index in [1.54, 1.807) is 25.1 Å². The summed E-state index contributed by atoms with van der Waals surface area (Å²) in [4.78, 5) is 12.6. The maximum absolute atomic E-state index is 12.6. The van der Waals surface area contributed by atoms with Gasteiger partial charge in [0.05, 0.1) is 21.7 Å². The van der Waals surface area contributed by atoms with Crippen molar-refractivity contribution in [3.8, 4) is 0 Å². The predicted octanol–water partition coefficient (Wildman–Crippen LogP) is 4.13. The molecule has 1 aromatic carbocycles. The standard InChI is InChI=1S/C16H18Cl2N2O2S/c1-8-11(14(21)22-16(2,3)4)13(20-15(23)19-8)9-6-5-7-10(17)12(9)18/h5-7,13H,1-4H3,(H2,19,20,23)/t13-/m0/s1. The molecule has 0 spiro atoms. The van der Waals surface area contributed by atoms with Gasteiger partial charge in [0.1, 0.15) is 5.60 Å². The van der Waals surface area contributed by atoms with Crippen LogP contribution in [0.25, 0.3) is 0 Å². The average molecular weight is 373 g/mol. The number of thiocarbonyl (C=S) groups is 1. The highest BCUT2D eigenvalue weighted by molar-refractivity contribution is 7.80. The largest absolute Gasteiger partial charge is 0.456 e. The highest BCUT2D eigenvalue weighted by atomic mass is 35.5. The molecule has 7 heteroatoms. The Balaban J connectivity index is 2.51. The van der Waals surface area contributed by atoms with Crippen molar-refractivity contribution in [1.29, 1.82) is 0 Å². The molecule has 23 heavy (non-hydrogen) atoms. The van der Waals surface area contributed by atoms with E-state index in [1.165, 1.54) is 0 Å². The second-order valence-corrected chi connectivity index (χ2v) is 7.41. The van der Waals surface area contributed by atoms with Crippen molar-refractivity contribution >= 4 is 46.5 Å². The second kappa shape index (κ2) is 6.67. The molecule has 1 aliphatic rings. The first-order valence-electron chi connectivity index (χ1n) is 7.05. The fraction of sp³-hybridized carbons (Fsp3) is 0.375. The molecule has 0 saturated heterocycles. The highest BCUT2D eigenvalue weighted by Crippen LogP contribution is 2.36. The van der Waals surface area contributed by atoms with Crippen LogP contribution in [0.2, 0.25) is 10.0 Å². The monoisotopic (exact) mass is 372 g/mol. The minimum Gasteiger partial charge on any atom is -0.456 e. The summed E-state index contributed by atoms with van der Waals surface area (Å²) in [6, 6.07) is 4.75. The van der Waals surface area contributed by atoms with E-state index in [0.29, 0.717) is 32.0 Å². The van der Waals surface area contributed by atoms with Gasteiger partial charge in [-0.05, 0) is 51.5 Å². The van der Waals surface area contributed by atoms with Crippen molar-refractivity contribution in [2.45, 2.75) is 39.3 Å². The number of esters is 1. The molecule has 0 radical (unpaired) electrons. The summed E-state index contributed by atoms with van der Waals surface area (Å²) in [5, 5.41) is 7.23. The summed E-state index contributed by atoms with van der Waals surface area (Å²) in [5.41, 5.74) is 1.12. The molecule has 0 aromatic heterocycles. The van der Waals surface area contributed by atoms with Crippen molar-refractivity contribution in [2.24, 2.45) is 0 Å². The van der Waals surface area contributed by atoms with Crippen LogP contribution in [0.3, 0.4) is 0 Å². The van der Waals surface area contributed by atoms with Gasteiger partial charge in [0.2, 0.25) is 0 Å². The molecule has 1 heterocycles. The van der Waals surface area contributed by atoms with Crippen molar-refractivity contribution in [3.05, 3.63) is 45.1 Å². The molecule has 0 bridgehead atoms. The van der Waals surface area contributed by atoms with Gasteiger partial charge >= 0.3 is 5.97 Å². The van der Waals surface area contributed by atoms with Crippen LogP contribution in [0, 0.1) is 0 Å². The van der Waals surface area contributed by atoms with Crippen LogP contribution in [0.1, 0.15) is 39.3 Å². The number of allylic oxidation sites excluding steroid dienone is 1. The minimum absolute atomic E-state index is 0.380. The number of nitrogens with one attached hydrogen (secondary N) is 2. The number of rotatable bonds is 2. The number of hydrogen-bond acceptors (Lipinski definition) is 3. The van der Waals surface area contributed by atoms with E-state index in [9.17, 15) is 4.79 Å². The Labute approximate surface area is 151 Å². The number of carbonyl (C=O) groups excluding carboxylic acids is 1. The molecule has 0 unspecified atom stereocenters. The normalized spacial score (nSPS) is 18.3. The van der Waals surface area contributed by atoms with Gasteiger partial charge < -0.3 is 15.4 Å². The molecular weight excluding hydrogens is 355 g/mol. The Kier molecular flexibility index (Phi) is 5.23. The van der Waals surface area contributed by atoms with Crippen LogP contribution in [0.5, 0.6) is 0 Å². The minimum atomic E-state index is -0.606. The fourth-order valence-corrected chi connectivity index (χ4v) is 2.96. The van der Waals surface area contributed by atoms with E-state index in [0.717, 1.165) is 0 Å². The average Bonchev–Trinajstić information content (AvgIpc) is 2.38. The molecule has 4 nitrogen and oxygen atoms in total. The third kappa shape index (κ3) is 4.16. The van der Waals surface area contributed by atoms with Gasteiger partial charge in [0, 0.05) is 5.70 Å². The molecule has 0 saturated carbocycles. The molecule has 2 N–H and O–H groups in total. The summed E-state index contributed by atoms with van der Waals surface area (Å²) in [6.45, 7) is 7.22. The number of ether oxygens (including phenoxy) is 1. The third-order valence-corrected chi connectivity index (χ3v) is 4.23. The molecule has 124 valence electrons. The number of halogens is 2. The molecule has 0 amide bonds. The second-order valence-electron chi connectivity index (χ2n) is 6.22. The Bertz CT molecular complexity index is 696. The predicted molar refractivity (Wildman–Crippen MR) is 96.6 cm³/mol. The summed E-state index contributed by atoms with van der Waals surface area (Å²) in [7, 11) is 0. The van der Waals surface area contributed by atoms with Gasteiger partial charge in [-0.15, -0.1) is 0 Å². The van der Waals surface area contributed by atoms with Crippen LogP contribution in [-0.2, 0) is 9.53 Å². The smallest absolute Gasteiger partial charge is 0.338 e. The molecule has 1 aliphatic heterocycles. The Morgan fingerprint density at radius 2 is 1.96 bits per heavy atom. The summed E-state index contributed by atoms with van der Waals surface area (Å²) in [6.07, 6.45) is 0. The zero-order valence-corrected chi connectivity index (χ0v) is 15.6. The van der Waals surface area contributed by atoms with Gasteiger partial charge in [-0.2, -0.15) is 0 Å². The SMILES string of the molecule is CC1=C(C(=O)OC(C)(C)C)[C@H](c2cccc(Cl)c2Cl)NC(=S)N1. The Hall–Kier alpha value is -1.30. The summed E-state index contributed by atoms with van der Waals surface area (Å²) < 4.78 is 5.51. The van der Waals surface area contributed by atoms with E-state index >= 15 is 0 Å². The summed E-state index contributed by atoms with van der Waals surface area (Å²) >= 11 is 17.6. The molecule has 0 aliphatic carbocycles. The zero-order chi connectivity index (χ0) is 17.4. The van der Waals surface area contributed by atoms with E-state index in [1.807, 2.05) is 20.8 Å². The van der Waals surface area contributed by atoms with E-state index in [4.69, 9.17) is 40.2 Å². The molecule has 2 rings (SSSR count). The van der Waals surface area contributed by atoms with Crippen molar-refractivity contribution in [2.75, 3.05) is 0 Å². The van der Waals surface area contributed by atoms with Crippen LogP contribution >= 0.6 is 35.4 Å². The van der Waals surface area contributed by atoms with Crippen LogP contribution < -0.4 is 10.6 Å². The van der Waals surface area contributed by atoms with Crippen LogP contribution in [0.15, 0.2) is 29.5 Å². The number of benzene rings is 1. The lowest BCUT2D eigenvalue weighted by molar-refractivity contribution is -0.150. The van der Waals surface area contributed by atoms with Crippen molar-refractivity contribution in [3.63, 3.8) is 0 Å². The topological polar surface area (TPSA) is 50.4 Å². The summed E-state index contributed by atoms with van der Waals surface area (Å²) in [5.74, 6) is -0.432. The third-order valence-electron chi connectivity index (χ3n) is 3.18. The van der Waals surface area contributed by atoms with Gasteiger partial charge in [-0.25, -0.2) is 4.79 Å². The van der Waals surface area contributed by atoms with Crippen molar-refractivity contribution < 1.29 is 9.53 Å². The highest BCUT2D eigenvalue weighted by Gasteiger charge is 2.34. The first-order valence-corrected chi connectivity index (χ1v) is 8.22. The lowest BCUT2D eigenvalue weighted by atomic mass is 9.95. The molecule has 1 atom stereocenters. The lowest BCUT2D eigenvalue weighted by Gasteiger charge is -2.32. The van der Waals surface area contributed by atoms with E-state index < -0.39 is 17.6 Å². The molecule has 1 aromatic rings. The molecule has 0 fully saturated rings. The number of hydrogen-bond donors (Lipinski definition) is 2. The van der Waals surface area contributed by atoms with Crippen molar-refractivity contribution in [1.82, 2.24) is 10.6 Å². The quantitative estimate of drug-likeness (QED) is 0.603. The van der Waals surface area contributed by atoms with E-state index in [2.05, 4.69) is 10.6 Å². The maximum atomic E-state index is 12.6. The van der Waals surface area contributed by atoms with Crippen LogP contribution in [0.4, 0.5) is 0 Å². The maximum Gasteiger partial charge on any atom is 0.338 e. The van der Waals surface area contributed by atoms with Gasteiger partial charge in [0.15, 0.2) is 5.11 Å². The first kappa shape index (κ1) is 18.0. The van der Waals surface area contributed by atoms with Gasteiger partial charge in [-0.3, -0.25) is 0 Å². The van der Waals surface area contributed by atoms with Crippen LogP contribution in [-0.4, -0.2) is 16.7 Å². The van der Waals surface area contributed by atoms with Gasteiger partial charge in [-0.1, -0.05) is 35.3 Å². The number of carbonyl (C=O) groups is 1. The lowest BCUT2D eigenvalue weighted by Crippen LogP contribution is -2.46. The fourth-order valence-electron chi connectivity index (χ4n) is 2.27. The van der Waals surface area contributed by atoms with E-state index in [-0.39, 0.29) is 0 Å². The zero-order valence-electron chi connectivity index (χ0n) is 13.3. The first-order chi connectivity index (χ1) is 10.6. The molecular formula is C16H18Cl2N2O2S. The van der Waals surface area contributed by atoms with Gasteiger partial charge in [0.25, 0.3) is 0 Å². The Morgan fingerprint density at radius 3 is 2.57 bits per heavy atom.